The zero-order valence-electron chi connectivity index (χ0n) is 10.9. The average molecular weight is 345 g/mol. The Labute approximate surface area is 128 Å². The topological polar surface area (TPSA) is 20.3 Å². The standard InChI is InChI=1S/C15H19BrClNO/c16-9-8-13-6-3-4-10-18(13)15(19)11-12-5-1-2-7-14(12)17/h1-2,5,7,13H,3-4,6,8-11H2. The number of amides is 1. The molecule has 1 aliphatic heterocycles. The lowest BCUT2D eigenvalue weighted by Gasteiger charge is -2.35. The first-order chi connectivity index (χ1) is 9.22. The van der Waals surface area contributed by atoms with Gasteiger partial charge in [0.25, 0.3) is 0 Å². The van der Waals surface area contributed by atoms with E-state index in [1.54, 1.807) is 0 Å². The van der Waals surface area contributed by atoms with Crippen LogP contribution in [0.25, 0.3) is 0 Å². The molecule has 2 nitrogen and oxygen atoms in total. The minimum absolute atomic E-state index is 0.207. The lowest BCUT2D eigenvalue weighted by Crippen LogP contribution is -2.44. The quantitative estimate of drug-likeness (QED) is 0.755. The predicted octanol–water partition coefficient (Wildman–Crippen LogP) is 4.05. The van der Waals surface area contributed by atoms with Crippen LogP contribution in [0.5, 0.6) is 0 Å². The summed E-state index contributed by atoms with van der Waals surface area (Å²) in [6.45, 7) is 0.890. The fourth-order valence-electron chi connectivity index (χ4n) is 2.66. The third-order valence-electron chi connectivity index (χ3n) is 3.69. The maximum absolute atomic E-state index is 12.5. The maximum Gasteiger partial charge on any atom is 0.227 e. The number of carbonyl (C=O) groups excluding carboxylic acids is 1. The first-order valence-corrected chi connectivity index (χ1v) is 8.31. The SMILES string of the molecule is O=C(Cc1ccccc1Cl)N1CCCCC1CCBr. The Morgan fingerprint density at radius 1 is 1.37 bits per heavy atom. The van der Waals surface area contributed by atoms with Crippen LogP contribution in [0, 0.1) is 0 Å². The number of likely N-dealkylation sites (tertiary alicyclic amines) is 1. The molecule has 1 fully saturated rings. The van der Waals surface area contributed by atoms with Crippen molar-refractivity contribution in [2.24, 2.45) is 0 Å². The number of rotatable bonds is 4. The number of alkyl halides is 1. The van der Waals surface area contributed by atoms with Crippen molar-refractivity contribution in [2.45, 2.75) is 38.1 Å². The number of hydrogen-bond acceptors (Lipinski definition) is 1. The van der Waals surface area contributed by atoms with Crippen molar-refractivity contribution >= 4 is 33.4 Å². The highest BCUT2D eigenvalue weighted by Crippen LogP contribution is 2.23. The van der Waals surface area contributed by atoms with Crippen LogP contribution in [0.3, 0.4) is 0 Å². The van der Waals surface area contributed by atoms with Crippen LogP contribution >= 0.6 is 27.5 Å². The number of carbonyl (C=O) groups is 1. The molecule has 1 amide bonds. The van der Waals surface area contributed by atoms with Crippen LogP contribution in [0.4, 0.5) is 0 Å². The molecule has 0 saturated carbocycles. The molecular weight excluding hydrogens is 326 g/mol. The summed E-state index contributed by atoms with van der Waals surface area (Å²) in [4.78, 5) is 14.5. The van der Waals surface area contributed by atoms with Gasteiger partial charge in [-0.2, -0.15) is 0 Å². The molecule has 1 heterocycles. The summed E-state index contributed by atoms with van der Waals surface area (Å²) in [5.41, 5.74) is 0.928. The van der Waals surface area contributed by atoms with Gasteiger partial charge in [-0.25, -0.2) is 0 Å². The van der Waals surface area contributed by atoms with Gasteiger partial charge in [-0.05, 0) is 37.3 Å². The average Bonchev–Trinajstić information content (AvgIpc) is 2.42. The lowest BCUT2D eigenvalue weighted by molar-refractivity contribution is -0.134. The Morgan fingerprint density at radius 3 is 2.89 bits per heavy atom. The van der Waals surface area contributed by atoms with Crippen molar-refractivity contribution in [3.8, 4) is 0 Å². The van der Waals surface area contributed by atoms with E-state index in [0.29, 0.717) is 17.5 Å². The molecule has 1 aliphatic rings. The van der Waals surface area contributed by atoms with E-state index in [1.807, 2.05) is 29.2 Å². The fourth-order valence-corrected chi connectivity index (χ4v) is 3.39. The molecule has 0 aromatic heterocycles. The largest absolute Gasteiger partial charge is 0.339 e. The van der Waals surface area contributed by atoms with E-state index in [4.69, 9.17) is 11.6 Å². The normalized spacial score (nSPS) is 19.5. The highest BCUT2D eigenvalue weighted by molar-refractivity contribution is 9.09. The van der Waals surface area contributed by atoms with Gasteiger partial charge in [-0.15, -0.1) is 0 Å². The second kappa shape index (κ2) is 7.30. The molecule has 0 N–H and O–H groups in total. The van der Waals surface area contributed by atoms with Gasteiger partial charge in [0.1, 0.15) is 0 Å². The molecule has 19 heavy (non-hydrogen) atoms. The van der Waals surface area contributed by atoms with E-state index < -0.39 is 0 Å². The van der Waals surface area contributed by atoms with Crippen molar-refractivity contribution in [3.63, 3.8) is 0 Å². The Bertz CT molecular complexity index is 436. The lowest BCUT2D eigenvalue weighted by atomic mass is 9.99. The van der Waals surface area contributed by atoms with Gasteiger partial charge >= 0.3 is 0 Å². The van der Waals surface area contributed by atoms with E-state index in [1.165, 1.54) is 6.42 Å². The first-order valence-electron chi connectivity index (χ1n) is 6.81. The number of benzene rings is 1. The molecule has 1 atom stereocenters. The first kappa shape index (κ1) is 14.9. The Balaban J connectivity index is 2.03. The molecule has 1 saturated heterocycles. The van der Waals surface area contributed by atoms with Crippen molar-refractivity contribution in [1.82, 2.24) is 4.90 Å². The minimum atomic E-state index is 0.207. The minimum Gasteiger partial charge on any atom is -0.339 e. The van der Waals surface area contributed by atoms with Crippen molar-refractivity contribution < 1.29 is 4.79 Å². The monoisotopic (exact) mass is 343 g/mol. The van der Waals surface area contributed by atoms with Crippen LogP contribution in [0.1, 0.15) is 31.2 Å². The number of nitrogens with zero attached hydrogens (tertiary/aromatic N) is 1. The Kier molecular flexibility index (Phi) is 5.71. The molecule has 2 rings (SSSR count). The molecule has 0 radical (unpaired) electrons. The third-order valence-corrected chi connectivity index (χ3v) is 4.52. The maximum atomic E-state index is 12.5. The summed E-state index contributed by atoms with van der Waals surface area (Å²) < 4.78 is 0. The van der Waals surface area contributed by atoms with Crippen molar-refractivity contribution in [1.29, 1.82) is 0 Å². The second-order valence-electron chi connectivity index (χ2n) is 4.98. The van der Waals surface area contributed by atoms with Gasteiger partial charge in [-0.1, -0.05) is 45.7 Å². The van der Waals surface area contributed by atoms with Gasteiger partial charge in [0, 0.05) is 22.9 Å². The predicted molar refractivity (Wildman–Crippen MR) is 82.9 cm³/mol. The van der Waals surface area contributed by atoms with Crippen molar-refractivity contribution in [2.75, 3.05) is 11.9 Å². The van der Waals surface area contributed by atoms with E-state index in [0.717, 1.165) is 36.7 Å². The smallest absolute Gasteiger partial charge is 0.227 e. The zero-order chi connectivity index (χ0) is 13.7. The van der Waals surface area contributed by atoms with Crippen LogP contribution in [-0.4, -0.2) is 28.7 Å². The Hall–Kier alpha value is -0.540. The Morgan fingerprint density at radius 2 is 2.16 bits per heavy atom. The summed E-state index contributed by atoms with van der Waals surface area (Å²) in [5, 5.41) is 1.64. The van der Waals surface area contributed by atoms with Gasteiger partial charge in [0.15, 0.2) is 0 Å². The summed E-state index contributed by atoms with van der Waals surface area (Å²) in [7, 11) is 0. The van der Waals surface area contributed by atoms with Crippen molar-refractivity contribution in [3.05, 3.63) is 34.9 Å². The summed E-state index contributed by atoms with van der Waals surface area (Å²) in [6, 6.07) is 7.99. The molecule has 0 bridgehead atoms. The van der Waals surface area contributed by atoms with Crippen LogP contribution < -0.4 is 0 Å². The van der Waals surface area contributed by atoms with E-state index in [-0.39, 0.29) is 5.91 Å². The van der Waals surface area contributed by atoms with Crippen LogP contribution in [-0.2, 0) is 11.2 Å². The van der Waals surface area contributed by atoms with Gasteiger partial charge in [0.2, 0.25) is 5.91 Å². The number of hydrogen-bond donors (Lipinski definition) is 0. The molecule has 4 heteroatoms. The van der Waals surface area contributed by atoms with Crippen LogP contribution in [0.2, 0.25) is 5.02 Å². The van der Waals surface area contributed by atoms with Gasteiger partial charge in [0.05, 0.1) is 6.42 Å². The number of halogens is 2. The zero-order valence-corrected chi connectivity index (χ0v) is 13.3. The molecule has 104 valence electrons. The van der Waals surface area contributed by atoms with E-state index in [2.05, 4.69) is 15.9 Å². The molecule has 0 aliphatic carbocycles. The molecule has 1 unspecified atom stereocenters. The molecule has 1 aromatic rings. The molecule has 1 aromatic carbocycles. The van der Waals surface area contributed by atoms with Gasteiger partial charge < -0.3 is 4.90 Å². The second-order valence-corrected chi connectivity index (χ2v) is 6.18. The van der Waals surface area contributed by atoms with E-state index >= 15 is 0 Å². The molecule has 0 spiro atoms. The molecular formula is C15H19BrClNO. The fraction of sp³-hybridized carbons (Fsp3) is 0.533. The van der Waals surface area contributed by atoms with Gasteiger partial charge in [-0.3, -0.25) is 4.79 Å². The third kappa shape index (κ3) is 3.96. The number of piperidine rings is 1. The van der Waals surface area contributed by atoms with E-state index in [9.17, 15) is 4.79 Å². The summed E-state index contributed by atoms with van der Waals surface area (Å²) in [5.74, 6) is 0.207. The van der Waals surface area contributed by atoms with Crippen LogP contribution in [0.15, 0.2) is 24.3 Å². The highest BCUT2D eigenvalue weighted by atomic mass is 79.9. The summed E-state index contributed by atoms with van der Waals surface area (Å²) >= 11 is 9.61. The summed E-state index contributed by atoms with van der Waals surface area (Å²) in [6.07, 6.45) is 4.92. The highest BCUT2D eigenvalue weighted by Gasteiger charge is 2.26.